The minimum Gasteiger partial charge on any atom is -0.380 e. The Morgan fingerprint density at radius 1 is 1.10 bits per heavy atom. The molecule has 0 amide bonds. The van der Waals surface area contributed by atoms with Gasteiger partial charge in [0.1, 0.15) is 5.82 Å². The third-order valence-corrected chi connectivity index (χ3v) is 3.37. The second-order valence-corrected chi connectivity index (χ2v) is 4.90. The van der Waals surface area contributed by atoms with E-state index in [-0.39, 0.29) is 5.82 Å². The highest BCUT2D eigenvalue weighted by Crippen LogP contribution is 2.25. The van der Waals surface area contributed by atoms with Gasteiger partial charge in [-0.15, -0.1) is 0 Å². The fourth-order valence-corrected chi connectivity index (χ4v) is 2.28. The molecule has 2 aromatic carbocycles. The number of hydrogen-bond donors (Lipinski definition) is 1. The summed E-state index contributed by atoms with van der Waals surface area (Å²) in [7, 11) is 0. The lowest BCUT2D eigenvalue weighted by atomic mass is 10.1. The molecule has 0 spiro atoms. The van der Waals surface area contributed by atoms with E-state index in [4.69, 9.17) is 11.6 Å². The average Bonchev–Trinajstić information content (AvgIpc) is 2.46. The fourth-order valence-electron chi connectivity index (χ4n) is 2.10. The fraction of sp³-hybridized carbons (Fsp3) is 0.0625. The standard InChI is InChI=1S/C16H12ClFN2/c17-12-5-6-15-13(9-12)16(7-8-19-15)20-10-11-3-1-2-4-14(11)18/h1-9H,10H2,(H,19,20). The largest absolute Gasteiger partial charge is 0.380 e. The normalized spacial score (nSPS) is 10.7. The highest BCUT2D eigenvalue weighted by atomic mass is 35.5. The third-order valence-electron chi connectivity index (χ3n) is 3.13. The molecule has 0 aliphatic heterocycles. The molecule has 4 heteroatoms. The lowest BCUT2D eigenvalue weighted by Gasteiger charge is -2.10. The van der Waals surface area contributed by atoms with E-state index < -0.39 is 0 Å². The first-order valence-electron chi connectivity index (χ1n) is 6.25. The van der Waals surface area contributed by atoms with Crippen LogP contribution in [0, 0.1) is 5.82 Å². The Labute approximate surface area is 121 Å². The average molecular weight is 287 g/mol. The molecule has 0 unspecified atom stereocenters. The van der Waals surface area contributed by atoms with E-state index in [9.17, 15) is 4.39 Å². The van der Waals surface area contributed by atoms with E-state index in [0.717, 1.165) is 16.6 Å². The van der Waals surface area contributed by atoms with Crippen LogP contribution in [0.3, 0.4) is 0 Å². The van der Waals surface area contributed by atoms with Gasteiger partial charge in [-0.3, -0.25) is 4.98 Å². The van der Waals surface area contributed by atoms with Gasteiger partial charge in [-0.05, 0) is 30.3 Å². The number of nitrogens with zero attached hydrogens (tertiary/aromatic N) is 1. The molecule has 0 bridgehead atoms. The van der Waals surface area contributed by atoms with Crippen molar-refractivity contribution in [1.29, 1.82) is 0 Å². The maximum absolute atomic E-state index is 13.6. The maximum Gasteiger partial charge on any atom is 0.128 e. The van der Waals surface area contributed by atoms with Crippen molar-refractivity contribution in [2.45, 2.75) is 6.54 Å². The van der Waals surface area contributed by atoms with Gasteiger partial charge in [-0.1, -0.05) is 29.8 Å². The van der Waals surface area contributed by atoms with Crippen LogP contribution >= 0.6 is 11.6 Å². The number of fused-ring (bicyclic) bond motifs is 1. The Kier molecular flexibility index (Phi) is 3.52. The summed E-state index contributed by atoms with van der Waals surface area (Å²) < 4.78 is 13.6. The van der Waals surface area contributed by atoms with Crippen LogP contribution < -0.4 is 5.32 Å². The van der Waals surface area contributed by atoms with Crippen molar-refractivity contribution in [3.63, 3.8) is 0 Å². The van der Waals surface area contributed by atoms with Crippen LogP contribution in [-0.4, -0.2) is 4.98 Å². The van der Waals surface area contributed by atoms with Gasteiger partial charge in [0.05, 0.1) is 5.52 Å². The third kappa shape index (κ3) is 2.58. The number of hydrogen-bond acceptors (Lipinski definition) is 2. The Morgan fingerprint density at radius 2 is 1.95 bits per heavy atom. The van der Waals surface area contributed by atoms with E-state index in [2.05, 4.69) is 10.3 Å². The van der Waals surface area contributed by atoms with Crippen LogP contribution in [-0.2, 0) is 6.54 Å². The molecule has 0 saturated carbocycles. The van der Waals surface area contributed by atoms with Gasteiger partial charge in [-0.25, -0.2) is 4.39 Å². The molecular weight excluding hydrogens is 275 g/mol. The van der Waals surface area contributed by atoms with Crippen molar-refractivity contribution in [2.24, 2.45) is 0 Å². The first kappa shape index (κ1) is 12.9. The van der Waals surface area contributed by atoms with Gasteiger partial charge >= 0.3 is 0 Å². The molecule has 1 aromatic heterocycles. The zero-order valence-corrected chi connectivity index (χ0v) is 11.4. The molecule has 1 N–H and O–H groups in total. The summed E-state index contributed by atoms with van der Waals surface area (Å²) in [5, 5.41) is 4.81. The number of rotatable bonds is 3. The summed E-state index contributed by atoms with van der Waals surface area (Å²) in [5.74, 6) is -0.212. The Bertz CT molecular complexity index is 758. The minimum atomic E-state index is -0.212. The molecular formula is C16H12ClFN2. The van der Waals surface area contributed by atoms with Gasteiger partial charge in [0.2, 0.25) is 0 Å². The van der Waals surface area contributed by atoms with Gasteiger partial charge in [-0.2, -0.15) is 0 Å². The molecule has 0 atom stereocenters. The number of benzene rings is 2. The highest BCUT2D eigenvalue weighted by molar-refractivity contribution is 6.31. The molecule has 0 fully saturated rings. The predicted molar refractivity (Wildman–Crippen MR) is 80.5 cm³/mol. The number of anilines is 1. The lowest BCUT2D eigenvalue weighted by molar-refractivity contribution is 0.613. The first-order chi connectivity index (χ1) is 9.74. The SMILES string of the molecule is Fc1ccccc1CNc1ccnc2ccc(Cl)cc12. The van der Waals surface area contributed by atoms with E-state index in [1.165, 1.54) is 6.07 Å². The molecule has 0 aliphatic rings. The minimum absolute atomic E-state index is 0.212. The quantitative estimate of drug-likeness (QED) is 0.759. The van der Waals surface area contributed by atoms with Crippen molar-refractivity contribution in [2.75, 3.05) is 5.32 Å². The van der Waals surface area contributed by atoms with Gasteiger partial charge in [0.25, 0.3) is 0 Å². The van der Waals surface area contributed by atoms with Crippen molar-refractivity contribution >= 4 is 28.2 Å². The molecule has 1 heterocycles. The topological polar surface area (TPSA) is 24.9 Å². The zero-order chi connectivity index (χ0) is 13.9. The highest BCUT2D eigenvalue weighted by Gasteiger charge is 2.04. The Balaban J connectivity index is 1.91. The Hall–Kier alpha value is -2.13. The molecule has 0 saturated heterocycles. The number of halogens is 2. The first-order valence-corrected chi connectivity index (χ1v) is 6.63. The Morgan fingerprint density at radius 3 is 2.80 bits per heavy atom. The van der Waals surface area contributed by atoms with Gasteiger partial charge in [0.15, 0.2) is 0 Å². The van der Waals surface area contributed by atoms with E-state index in [0.29, 0.717) is 17.1 Å². The van der Waals surface area contributed by atoms with Crippen molar-refractivity contribution in [1.82, 2.24) is 4.98 Å². The monoisotopic (exact) mass is 286 g/mol. The molecule has 100 valence electrons. The van der Waals surface area contributed by atoms with Crippen LogP contribution in [0.5, 0.6) is 0 Å². The lowest BCUT2D eigenvalue weighted by Crippen LogP contribution is -2.02. The van der Waals surface area contributed by atoms with Crippen molar-refractivity contribution in [3.05, 3.63) is 71.1 Å². The van der Waals surface area contributed by atoms with Crippen LogP contribution in [0.4, 0.5) is 10.1 Å². The molecule has 20 heavy (non-hydrogen) atoms. The van der Waals surface area contributed by atoms with E-state index >= 15 is 0 Å². The van der Waals surface area contributed by atoms with Crippen LogP contribution in [0.15, 0.2) is 54.7 Å². The van der Waals surface area contributed by atoms with Crippen molar-refractivity contribution in [3.8, 4) is 0 Å². The summed E-state index contributed by atoms with van der Waals surface area (Å²) in [6.07, 6.45) is 1.72. The summed E-state index contributed by atoms with van der Waals surface area (Å²) in [6.45, 7) is 0.415. The van der Waals surface area contributed by atoms with Gasteiger partial charge in [0, 0.05) is 34.4 Å². The van der Waals surface area contributed by atoms with Gasteiger partial charge < -0.3 is 5.32 Å². The van der Waals surface area contributed by atoms with Crippen molar-refractivity contribution < 1.29 is 4.39 Å². The van der Waals surface area contributed by atoms with E-state index in [1.807, 2.05) is 24.3 Å². The molecule has 0 aliphatic carbocycles. The summed E-state index contributed by atoms with van der Waals surface area (Å²) >= 11 is 6.02. The van der Waals surface area contributed by atoms with Crippen LogP contribution in [0.25, 0.3) is 10.9 Å². The second kappa shape index (κ2) is 5.47. The summed E-state index contributed by atoms with van der Waals surface area (Å²) in [5.41, 5.74) is 2.37. The smallest absolute Gasteiger partial charge is 0.128 e. The zero-order valence-electron chi connectivity index (χ0n) is 10.6. The second-order valence-electron chi connectivity index (χ2n) is 4.46. The maximum atomic E-state index is 13.6. The molecule has 3 rings (SSSR count). The molecule has 2 nitrogen and oxygen atoms in total. The molecule has 0 radical (unpaired) electrons. The van der Waals surface area contributed by atoms with Crippen LogP contribution in [0.2, 0.25) is 5.02 Å². The van der Waals surface area contributed by atoms with E-state index in [1.54, 1.807) is 24.4 Å². The van der Waals surface area contributed by atoms with Crippen LogP contribution in [0.1, 0.15) is 5.56 Å². The number of pyridine rings is 1. The number of aromatic nitrogens is 1. The predicted octanol–water partition coefficient (Wildman–Crippen LogP) is 4.64. The molecule has 3 aromatic rings. The summed E-state index contributed by atoms with van der Waals surface area (Å²) in [4.78, 5) is 4.28. The summed E-state index contributed by atoms with van der Waals surface area (Å²) in [6, 6.07) is 14.1. The number of nitrogens with one attached hydrogen (secondary N) is 1.